The van der Waals surface area contributed by atoms with E-state index in [1.54, 1.807) is 13.2 Å². The summed E-state index contributed by atoms with van der Waals surface area (Å²) in [5.41, 5.74) is 1.76. The average Bonchev–Trinajstić information content (AvgIpc) is 2.58. The van der Waals surface area contributed by atoms with E-state index in [9.17, 15) is 4.39 Å². The highest BCUT2D eigenvalue weighted by Crippen LogP contribution is 2.30. The molecule has 0 aliphatic rings. The summed E-state index contributed by atoms with van der Waals surface area (Å²) in [7, 11) is 3.14. The molecule has 0 aliphatic heterocycles. The summed E-state index contributed by atoms with van der Waals surface area (Å²) in [5.74, 6) is 1.58. The van der Waals surface area contributed by atoms with E-state index in [1.165, 1.54) is 19.2 Å². The molecule has 124 valence electrons. The topological polar surface area (TPSA) is 39.7 Å². The molecule has 2 aromatic rings. The van der Waals surface area contributed by atoms with E-state index in [1.807, 2.05) is 18.2 Å². The Hall–Kier alpha value is -2.43. The van der Waals surface area contributed by atoms with Crippen molar-refractivity contribution >= 4 is 5.69 Å². The number of halogens is 1. The number of hydrogen-bond acceptors (Lipinski definition) is 4. The van der Waals surface area contributed by atoms with Crippen molar-refractivity contribution in [2.24, 2.45) is 0 Å². The third kappa shape index (κ3) is 4.52. The third-order valence-corrected chi connectivity index (χ3v) is 3.34. The van der Waals surface area contributed by atoms with Crippen molar-refractivity contribution in [3.63, 3.8) is 0 Å². The van der Waals surface area contributed by atoms with Crippen molar-refractivity contribution in [2.45, 2.75) is 19.9 Å². The van der Waals surface area contributed by atoms with Crippen LogP contribution >= 0.6 is 0 Å². The molecule has 0 radical (unpaired) electrons. The largest absolute Gasteiger partial charge is 0.494 e. The zero-order valence-corrected chi connectivity index (χ0v) is 13.7. The SMILES string of the molecule is CCCOc1ccc(CNc2ccc(F)cc2OC)cc1OC. The zero-order chi connectivity index (χ0) is 16.7. The molecule has 1 N–H and O–H groups in total. The number of benzene rings is 2. The molecule has 0 bridgehead atoms. The molecule has 4 nitrogen and oxygen atoms in total. The molecule has 23 heavy (non-hydrogen) atoms. The number of nitrogens with one attached hydrogen (secondary N) is 1. The smallest absolute Gasteiger partial charge is 0.161 e. The van der Waals surface area contributed by atoms with Gasteiger partial charge in [-0.2, -0.15) is 0 Å². The second-order valence-electron chi connectivity index (χ2n) is 5.03. The lowest BCUT2D eigenvalue weighted by Gasteiger charge is -2.14. The molecule has 0 atom stereocenters. The van der Waals surface area contributed by atoms with Crippen LogP contribution in [0.1, 0.15) is 18.9 Å². The normalized spacial score (nSPS) is 10.3. The van der Waals surface area contributed by atoms with Crippen LogP contribution in [-0.4, -0.2) is 20.8 Å². The van der Waals surface area contributed by atoms with Crippen molar-refractivity contribution in [3.8, 4) is 17.2 Å². The van der Waals surface area contributed by atoms with Gasteiger partial charge in [-0.3, -0.25) is 0 Å². The highest BCUT2D eigenvalue weighted by Gasteiger charge is 2.07. The van der Waals surface area contributed by atoms with Crippen LogP contribution in [0.15, 0.2) is 36.4 Å². The summed E-state index contributed by atoms with van der Waals surface area (Å²) in [6, 6.07) is 10.2. The fraction of sp³-hybridized carbons (Fsp3) is 0.333. The Morgan fingerprint density at radius 2 is 1.74 bits per heavy atom. The Balaban J connectivity index is 2.08. The molecule has 5 heteroatoms. The van der Waals surface area contributed by atoms with Crippen molar-refractivity contribution in [1.29, 1.82) is 0 Å². The Labute approximate surface area is 136 Å². The number of ether oxygens (including phenoxy) is 3. The predicted octanol–water partition coefficient (Wildman–Crippen LogP) is 4.24. The van der Waals surface area contributed by atoms with Gasteiger partial charge in [-0.15, -0.1) is 0 Å². The van der Waals surface area contributed by atoms with E-state index in [0.717, 1.165) is 23.4 Å². The molecule has 0 aromatic heterocycles. The van der Waals surface area contributed by atoms with Crippen LogP contribution in [0.5, 0.6) is 17.2 Å². The lowest BCUT2D eigenvalue weighted by molar-refractivity contribution is 0.294. The van der Waals surface area contributed by atoms with Crippen molar-refractivity contribution < 1.29 is 18.6 Å². The molecule has 2 aromatic carbocycles. The quantitative estimate of drug-likeness (QED) is 0.790. The Bertz CT molecular complexity index is 646. The maximum absolute atomic E-state index is 13.2. The van der Waals surface area contributed by atoms with E-state index in [0.29, 0.717) is 24.7 Å². The zero-order valence-electron chi connectivity index (χ0n) is 13.7. The second kappa shape index (κ2) is 8.27. The first-order chi connectivity index (χ1) is 11.2. The summed E-state index contributed by atoms with van der Waals surface area (Å²) in [4.78, 5) is 0. The third-order valence-electron chi connectivity index (χ3n) is 3.34. The highest BCUT2D eigenvalue weighted by molar-refractivity contribution is 5.57. The first-order valence-corrected chi connectivity index (χ1v) is 7.55. The van der Waals surface area contributed by atoms with E-state index < -0.39 is 0 Å². The van der Waals surface area contributed by atoms with Crippen LogP contribution in [0.2, 0.25) is 0 Å². The van der Waals surface area contributed by atoms with Crippen molar-refractivity contribution in [1.82, 2.24) is 0 Å². The minimum atomic E-state index is -0.327. The molecule has 0 saturated carbocycles. The van der Waals surface area contributed by atoms with Crippen LogP contribution < -0.4 is 19.5 Å². The van der Waals surface area contributed by atoms with Gasteiger partial charge >= 0.3 is 0 Å². The van der Waals surface area contributed by atoms with Crippen LogP contribution in [0.25, 0.3) is 0 Å². The van der Waals surface area contributed by atoms with Gasteiger partial charge in [0.25, 0.3) is 0 Å². The monoisotopic (exact) mass is 319 g/mol. The van der Waals surface area contributed by atoms with Gasteiger partial charge in [0.2, 0.25) is 0 Å². The first kappa shape index (κ1) is 16.9. The average molecular weight is 319 g/mol. The summed E-state index contributed by atoms with van der Waals surface area (Å²) in [6.45, 7) is 3.27. The van der Waals surface area contributed by atoms with Gasteiger partial charge in [0.05, 0.1) is 26.5 Å². The van der Waals surface area contributed by atoms with E-state index in [2.05, 4.69) is 12.2 Å². The minimum Gasteiger partial charge on any atom is -0.494 e. The van der Waals surface area contributed by atoms with Gasteiger partial charge in [-0.25, -0.2) is 4.39 Å². The van der Waals surface area contributed by atoms with Gasteiger partial charge in [-0.1, -0.05) is 13.0 Å². The maximum Gasteiger partial charge on any atom is 0.161 e. The van der Waals surface area contributed by atoms with Crippen LogP contribution in [0.3, 0.4) is 0 Å². The summed E-state index contributed by atoms with van der Waals surface area (Å²) < 4.78 is 29.4. The summed E-state index contributed by atoms with van der Waals surface area (Å²) in [5, 5.41) is 3.23. The van der Waals surface area contributed by atoms with Gasteiger partial charge in [0.1, 0.15) is 11.6 Å². The lowest BCUT2D eigenvalue weighted by atomic mass is 10.2. The Morgan fingerprint density at radius 3 is 2.43 bits per heavy atom. The summed E-state index contributed by atoms with van der Waals surface area (Å²) >= 11 is 0. The summed E-state index contributed by atoms with van der Waals surface area (Å²) in [6.07, 6.45) is 0.941. The fourth-order valence-corrected chi connectivity index (χ4v) is 2.16. The highest BCUT2D eigenvalue weighted by atomic mass is 19.1. The Morgan fingerprint density at radius 1 is 0.957 bits per heavy atom. The second-order valence-corrected chi connectivity index (χ2v) is 5.03. The van der Waals surface area contributed by atoms with Crippen molar-refractivity contribution in [2.75, 3.05) is 26.1 Å². The van der Waals surface area contributed by atoms with Gasteiger partial charge in [0.15, 0.2) is 11.5 Å². The molecule has 0 unspecified atom stereocenters. The number of anilines is 1. The molecule has 0 amide bonds. The molecule has 0 heterocycles. The number of rotatable bonds is 8. The standard InChI is InChI=1S/C18H22FNO3/c1-4-9-23-16-8-5-13(10-18(16)22-3)12-20-15-7-6-14(19)11-17(15)21-2/h5-8,10-11,20H,4,9,12H2,1-3H3. The molecule has 0 aliphatic carbocycles. The molecule has 0 fully saturated rings. The van der Waals surface area contributed by atoms with Gasteiger partial charge in [-0.05, 0) is 36.2 Å². The van der Waals surface area contributed by atoms with Crippen LogP contribution in [-0.2, 0) is 6.54 Å². The van der Waals surface area contributed by atoms with Crippen LogP contribution in [0.4, 0.5) is 10.1 Å². The maximum atomic E-state index is 13.2. The lowest BCUT2D eigenvalue weighted by Crippen LogP contribution is -2.03. The molecular formula is C18H22FNO3. The molecule has 0 saturated heterocycles. The van der Waals surface area contributed by atoms with E-state index in [4.69, 9.17) is 14.2 Å². The van der Waals surface area contributed by atoms with E-state index in [-0.39, 0.29) is 5.82 Å². The van der Waals surface area contributed by atoms with E-state index >= 15 is 0 Å². The number of methoxy groups -OCH3 is 2. The minimum absolute atomic E-state index is 0.327. The van der Waals surface area contributed by atoms with Gasteiger partial charge < -0.3 is 19.5 Å². The molecule has 2 rings (SSSR count). The first-order valence-electron chi connectivity index (χ1n) is 7.55. The predicted molar refractivity (Wildman–Crippen MR) is 89.1 cm³/mol. The van der Waals surface area contributed by atoms with Crippen LogP contribution in [0, 0.1) is 5.82 Å². The van der Waals surface area contributed by atoms with Crippen molar-refractivity contribution in [3.05, 3.63) is 47.8 Å². The fourth-order valence-electron chi connectivity index (χ4n) is 2.16. The Kier molecular flexibility index (Phi) is 6.09. The number of hydrogen-bond donors (Lipinski definition) is 1. The molecular weight excluding hydrogens is 297 g/mol. The molecule has 0 spiro atoms. The van der Waals surface area contributed by atoms with Gasteiger partial charge in [0, 0.05) is 12.6 Å².